The van der Waals surface area contributed by atoms with Crippen LogP contribution in [-0.2, 0) is 13.1 Å². The highest BCUT2D eigenvalue weighted by atomic mass is 79.9. The Balaban J connectivity index is 1.42. The zero-order chi connectivity index (χ0) is 17.7. The molecule has 0 aromatic carbocycles. The standard InChI is InChI=1S/C17H13BrN6O2/c18-11-3-4-12-8-13(21-24(12)9-11)17(25)22-5-6-23-15(10-22)19-20-16(23)14-2-1-7-26-14/h1-4,7-9H,5-6,10H2. The van der Waals surface area contributed by atoms with Crippen LogP contribution in [0.4, 0.5) is 0 Å². The highest BCUT2D eigenvalue weighted by Gasteiger charge is 2.27. The predicted octanol–water partition coefficient (Wildman–Crippen LogP) is 2.60. The molecule has 1 aliphatic rings. The highest BCUT2D eigenvalue weighted by molar-refractivity contribution is 9.10. The summed E-state index contributed by atoms with van der Waals surface area (Å²) in [6.07, 6.45) is 3.44. The van der Waals surface area contributed by atoms with Crippen LogP contribution in [0, 0.1) is 0 Å². The van der Waals surface area contributed by atoms with Gasteiger partial charge in [-0.25, -0.2) is 4.52 Å². The molecular formula is C17H13BrN6O2. The fraction of sp³-hybridized carbons (Fsp3) is 0.176. The summed E-state index contributed by atoms with van der Waals surface area (Å²) in [5.41, 5.74) is 1.29. The van der Waals surface area contributed by atoms with Gasteiger partial charge in [0.1, 0.15) is 0 Å². The van der Waals surface area contributed by atoms with Crippen molar-refractivity contribution in [3.05, 3.63) is 58.8 Å². The molecule has 0 unspecified atom stereocenters. The molecule has 26 heavy (non-hydrogen) atoms. The van der Waals surface area contributed by atoms with E-state index in [2.05, 4.69) is 31.2 Å². The molecule has 0 fully saturated rings. The number of nitrogens with zero attached hydrogens (tertiary/aromatic N) is 6. The molecule has 0 radical (unpaired) electrons. The molecular weight excluding hydrogens is 400 g/mol. The largest absolute Gasteiger partial charge is 0.461 e. The van der Waals surface area contributed by atoms with Gasteiger partial charge in [0.15, 0.2) is 23.1 Å². The minimum atomic E-state index is -0.112. The van der Waals surface area contributed by atoms with Crippen LogP contribution in [0.3, 0.4) is 0 Å². The number of fused-ring (bicyclic) bond motifs is 2. The van der Waals surface area contributed by atoms with Crippen molar-refractivity contribution in [3.8, 4) is 11.6 Å². The Morgan fingerprint density at radius 1 is 1.19 bits per heavy atom. The summed E-state index contributed by atoms with van der Waals surface area (Å²) in [6, 6.07) is 9.30. The van der Waals surface area contributed by atoms with Crippen LogP contribution in [0.1, 0.15) is 16.3 Å². The molecule has 0 spiro atoms. The fourth-order valence-corrected chi connectivity index (χ4v) is 3.47. The average molecular weight is 413 g/mol. The normalized spacial score (nSPS) is 14.0. The summed E-state index contributed by atoms with van der Waals surface area (Å²) < 4.78 is 10.00. The minimum Gasteiger partial charge on any atom is -0.461 e. The molecule has 0 atom stereocenters. The van der Waals surface area contributed by atoms with Gasteiger partial charge in [0.05, 0.1) is 18.3 Å². The number of rotatable bonds is 2. The van der Waals surface area contributed by atoms with Gasteiger partial charge in [-0.2, -0.15) is 5.10 Å². The van der Waals surface area contributed by atoms with Crippen LogP contribution in [0.15, 0.2) is 51.7 Å². The summed E-state index contributed by atoms with van der Waals surface area (Å²) in [4.78, 5) is 14.6. The molecule has 1 amide bonds. The quantitative estimate of drug-likeness (QED) is 0.505. The number of carbonyl (C=O) groups excluding carboxylic acids is 1. The second-order valence-electron chi connectivity index (χ2n) is 6.04. The van der Waals surface area contributed by atoms with Crippen molar-refractivity contribution in [1.82, 2.24) is 29.3 Å². The van der Waals surface area contributed by atoms with Gasteiger partial charge in [0.25, 0.3) is 5.91 Å². The topological polar surface area (TPSA) is 81.5 Å². The summed E-state index contributed by atoms with van der Waals surface area (Å²) >= 11 is 3.41. The van der Waals surface area contributed by atoms with Crippen LogP contribution in [0.5, 0.6) is 0 Å². The molecule has 9 heteroatoms. The predicted molar refractivity (Wildman–Crippen MR) is 95.4 cm³/mol. The van der Waals surface area contributed by atoms with Gasteiger partial charge in [-0.3, -0.25) is 4.79 Å². The van der Waals surface area contributed by atoms with Gasteiger partial charge in [-0.05, 0) is 46.3 Å². The molecule has 4 aromatic rings. The van der Waals surface area contributed by atoms with Crippen molar-refractivity contribution in [3.63, 3.8) is 0 Å². The van der Waals surface area contributed by atoms with E-state index in [-0.39, 0.29) is 5.91 Å². The van der Waals surface area contributed by atoms with Crippen molar-refractivity contribution in [2.45, 2.75) is 13.1 Å². The van der Waals surface area contributed by atoms with Crippen molar-refractivity contribution in [2.24, 2.45) is 0 Å². The van der Waals surface area contributed by atoms with Crippen LogP contribution < -0.4 is 0 Å². The number of amides is 1. The highest BCUT2D eigenvalue weighted by Crippen LogP contribution is 2.23. The molecule has 0 saturated heterocycles. The molecule has 0 aliphatic carbocycles. The van der Waals surface area contributed by atoms with Gasteiger partial charge in [-0.15, -0.1) is 10.2 Å². The Kier molecular flexibility index (Phi) is 3.42. The van der Waals surface area contributed by atoms with E-state index < -0.39 is 0 Å². The van der Waals surface area contributed by atoms with Crippen LogP contribution in [0.25, 0.3) is 17.1 Å². The van der Waals surface area contributed by atoms with Crippen molar-refractivity contribution >= 4 is 27.4 Å². The number of aromatic nitrogens is 5. The second kappa shape index (κ2) is 5.80. The van der Waals surface area contributed by atoms with E-state index in [1.807, 2.05) is 35.0 Å². The maximum absolute atomic E-state index is 12.9. The molecule has 5 rings (SSSR count). The number of hydrogen-bond acceptors (Lipinski definition) is 5. The smallest absolute Gasteiger partial charge is 0.274 e. The third kappa shape index (κ3) is 2.43. The molecule has 1 aliphatic heterocycles. The van der Waals surface area contributed by atoms with Crippen molar-refractivity contribution < 1.29 is 9.21 Å². The van der Waals surface area contributed by atoms with Gasteiger partial charge < -0.3 is 13.9 Å². The Bertz CT molecular complexity index is 1110. The molecule has 4 aromatic heterocycles. The molecule has 0 saturated carbocycles. The molecule has 130 valence electrons. The van der Waals surface area contributed by atoms with E-state index in [1.54, 1.807) is 21.7 Å². The van der Waals surface area contributed by atoms with E-state index in [0.29, 0.717) is 36.9 Å². The summed E-state index contributed by atoms with van der Waals surface area (Å²) in [5.74, 6) is 1.99. The first-order valence-electron chi connectivity index (χ1n) is 8.09. The minimum absolute atomic E-state index is 0.112. The van der Waals surface area contributed by atoms with Crippen molar-refractivity contribution in [2.75, 3.05) is 6.54 Å². The van der Waals surface area contributed by atoms with E-state index >= 15 is 0 Å². The second-order valence-corrected chi connectivity index (χ2v) is 6.96. The Labute approximate surface area is 156 Å². The Morgan fingerprint density at radius 2 is 2.12 bits per heavy atom. The maximum Gasteiger partial charge on any atom is 0.274 e. The third-order valence-corrected chi connectivity index (χ3v) is 4.89. The first-order chi connectivity index (χ1) is 12.7. The van der Waals surface area contributed by atoms with Crippen molar-refractivity contribution in [1.29, 1.82) is 0 Å². The lowest BCUT2D eigenvalue weighted by Gasteiger charge is -2.27. The van der Waals surface area contributed by atoms with E-state index in [9.17, 15) is 4.79 Å². The van der Waals surface area contributed by atoms with Crippen LogP contribution in [-0.4, -0.2) is 41.7 Å². The number of hydrogen-bond donors (Lipinski definition) is 0. The number of furan rings is 1. The summed E-state index contributed by atoms with van der Waals surface area (Å²) in [5, 5.41) is 12.8. The third-order valence-electron chi connectivity index (χ3n) is 4.42. The molecule has 0 bridgehead atoms. The maximum atomic E-state index is 12.9. The first-order valence-corrected chi connectivity index (χ1v) is 8.88. The van der Waals surface area contributed by atoms with E-state index in [1.165, 1.54) is 0 Å². The summed E-state index contributed by atoms with van der Waals surface area (Å²) in [6.45, 7) is 1.57. The van der Waals surface area contributed by atoms with Gasteiger partial charge >= 0.3 is 0 Å². The van der Waals surface area contributed by atoms with E-state index in [0.717, 1.165) is 15.8 Å². The van der Waals surface area contributed by atoms with E-state index in [4.69, 9.17) is 4.42 Å². The van der Waals surface area contributed by atoms with Gasteiger partial charge in [-0.1, -0.05) is 0 Å². The first kappa shape index (κ1) is 15.3. The summed E-state index contributed by atoms with van der Waals surface area (Å²) in [7, 11) is 0. The molecule has 0 N–H and O–H groups in total. The van der Waals surface area contributed by atoms with Crippen LogP contribution >= 0.6 is 15.9 Å². The zero-order valence-corrected chi connectivity index (χ0v) is 15.1. The molecule has 8 nitrogen and oxygen atoms in total. The van der Waals surface area contributed by atoms with Gasteiger partial charge in [0.2, 0.25) is 0 Å². The number of halogens is 1. The molecule has 5 heterocycles. The van der Waals surface area contributed by atoms with Gasteiger partial charge in [0, 0.05) is 23.8 Å². The lowest BCUT2D eigenvalue weighted by atomic mass is 10.2. The zero-order valence-electron chi connectivity index (χ0n) is 13.5. The Morgan fingerprint density at radius 3 is 2.96 bits per heavy atom. The SMILES string of the molecule is O=C(c1cc2ccc(Br)cn2n1)N1CCn2c(nnc2-c2ccco2)C1. The fourth-order valence-electron chi connectivity index (χ4n) is 3.15. The average Bonchev–Trinajstić information content (AvgIpc) is 3.38. The number of pyridine rings is 1. The Hall–Kier alpha value is -2.94. The number of carbonyl (C=O) groups is 1. The lowest BCUT2D eigenvalue weighted by molar-refractivity contribution is 0.0701. The monoisotopic (exact) mass is 412 g/mol. The lowest BCUT2D eigenvalue weighted by Crippen LogP contribution is -2.38. The van der Waals surface area contributed by atoms with Crippen LogP contribution in [0.2, 0.25) is 0 Å².